The van der Waals surface area contributed by atoms with E-state index in [9.17, 15) is 8.42 Å². The number of benzene rings is 2. The topological polar surface area (TPSA) is 90.0 Å². The first-order valence-corrected chi connectivity index (χ1v) is 9.89. The van der Waals surface area contributed by atoms with Gasteiger partial charge < -0.3 is 9.09 Å². The lowest BCUT2D eigenvalue weighted by molar-refractivity contribution is 0.390. The molecule has 0 saturated carbocycles. The fourth-order valence-corrected chi connectivity index (χ4v) is 4.45. The summed E-state index contributed by atoms with van der Waals surface area (Å²) in [5.74, 6) is 0.491. The maximum absolute atomic E-state index is 12.9. The van der Waals surface area contributed by atoms with Gasteiger partial charge in [0, 0.05) is 0 Å². The molecule has 0 fully saturated rings. The van der Waals surface area contributed by atoms with E-state index < -0.39 is 10.0 Å². The van der Waals surface area contributed by atoms with E-state index in [-0.39, 0.29) is 16.6 Å². The molecule has 138 valence electrons. The number of imidazole rings is 1. The summed E-state index contributed by atoms with van der Waals surface area (Å²) >= 11 is 0. The molecule has 0 amide bonds. The van der Waals surface area contributed by atoms with Crippen molar-refractivity contribution >= 4 is 27.0 Å². The van der Waals surface area contributed by atoms with Crippen LogP contribution in [0, 0.1) is 13.8 Å². The minimum absolute atomic E-state index is 0.0424. The average molecular weight is 382 g/mol. The lowest BCUT2D eigenvalue weighted by Gasteiger charge is -2.11. The van der Waals surface area contributed by atoms with Crippen molar-refractivity contribution in [2.24, 2.45) is 0 Å². The van der Waals surface area contributed by atoms with E-state index in [1.54, 1.807) is 13.8 Å². The molecular formula is C19H18N4O3S. The monoisotopic (exact) mass is 382 g/mol. The third kappa shape index (κ3) is 3.19. The zero-order chi connectivity index (χ0) is 19.0. The third-order valence-electron chi connectivity index (χ3n) is 4.30. The highest BCUT2D eigenvalue weighted by molar-refractivity contribution is 7.92. The lowest BCUT2D eigenvalue weighted by Crippen LogP contribution is -2.18. The van der Waals surface area contributed by atoms with Gasteiger partial charge in [0.05, 0.1) is 17.6 Å². The molecule has 2 aromatic carbocycles. The fourth-order valence-electron chi connectivity index (χ4n) is 3.11. The number of hydrogen-bond donors (Lipinski definition) is 1. The number of fused-ring (bicyclic) bond motifs is 1. The molecule has 2 aromatic heterocycles. The molecule has 0 bridgehead atoms. The summed E-state index contributed by atoms with van der Waals surface area (Å²) in [4.78, 5) is 4.53. The van der Waals surface area contributed by atoms with E-state index in [1.165, 1.54) is 0 Å². The van der Waals surface area contributed by atoms with Gasteiger partial charge in [-0.15, -0.1) is 0 Å². The first-order valence-electron chi connectivity index (χ1n) is 8.40. The Balaban J connectivity index is 1.81. The number of para-hydroxylation sites is 2. The van der Waals surface area contributed by atoms with Crippen molar-refractivity contribution in [1.29, 1.82) is 0 Å². The molecule has 0 unspecified atom stereocenters. The molecule has 0 atom stereocenters. The highest BCUT2D eigenvalue weighted by atomic mass is 32.2. The first-order chi connectivity index (χ1) is 13.0. The van der Waals surface area contributed by atoms with Gasteiger partial charge in [0.2, 0.25) is 5.95 Å². The molecule has 1 N–H and O–H groups in total. The Bertz CT molecular complexity index is 1190. The molecule has 27 heavy (non-hydrogen) atoms. The summed E-state index contributed by atoms with van der Waals surface area (Å²) < 4.78 is 35.3. The Hall–Kier alpha value is -3.13. The van der Waals surface area contributed by atoms with Gasteiger partial charge in [-0.1, -0.05) is 47.6 Å². The second-order valence-corrected chi connectivity index (χ2v) is 7.87. The molecule has 0 aliphatic rings. The van der Waals surface area contributed by atoms with Gasteiger partial charge in [0.15, 0.2) is 10.7 Å². The van der Waals surface area contributed by atoms with Crippen molar-refractivity contribution < 1.29 is 12.9 Å². The molecule has 0 saturated heterocycles. The predicted octanol–water partition coefficient (Wildman–Crippen LogP) is 3.49. The lowest BCUT2D eigenvalue weighted by atomic mass is 10.2. The molecule has 0 spiro atoms. The molecule has 4 rings (SSSR count). The molecular weight excluding hydrogens is 364 g/mol. The van der Waals surface area contributed by atoms with E-state index >= 15 is 0 Å². The summed E-state index contributed by atoms with van der Waals surface area (Å²) in [5.41, 5.74) is 2.91. The standard InChI is InChI=1S/C19H18N4O3S/c1-13-18(14(2)26-21-13)27(24,25)22-19-20-16-10-6-7-11-17(16)23(19)12-15-8-4-3-5-9-15/h3-11H,12H2,1-2H3,(H,20,22). The second-order valence-electron chi connectivity index (χ2n) is 6.25. The quantitative estimate of drug-likeness (QED) is 0.571. The Morgan fingerprint density at radius 2 is 1.74 bits per heavy atom. The molecule has 7 nitrogen and oxygen atoms in total. The number of aromatic nitrogens is 3. The number of aryl methyl sites for hydroxylation is 2. The van der Waals surface area contributed by atoms with E-state index in [2.05, 4.69) is 14.9 Å². The summed E-state index contributed by atoms with van der Waals surface area (Å²) in [5, 5.41) is 3.74. The number of sulfonamides is 1. The molecule has 2 heterocycles. The summed E-state index contributed by atoms with van der Waals surface area (Å²) in [6, 6.07) is 17.3. The largest absolute Gasteiger partial charge is 0.360 e. The van der Waals surface area contributed by atoms with Gasteiger partial charge in [-0.25, -0.2) is 18.1 Å². The van der Waals surface area contributed by atoms with Crippen molar-refractivity contribution in [1.82, 2.24) is 14.7 Å². The van der Waals surface area contributed by atoms with Crippen LogP contribution < -0.4 is 4.72 Å². The van der Waals surface area contributed by atoms with Crippen LogP contribution >= 0.6 is 0 Å². The Morgan fingerprint density at radius 3 is 2.44 bits per heavy atom. The van der Waals surface area contributed by atoms with Gasteiger partial charge in [-0.05, 0) is 31.5 Å². The number of nitrogens with zero attached hydrogens (tertiary/aromatic N) is 3. The zero-order valence-electron chi connectivity index (χ0n) is 14.9. The Labute approximate surface area is 156 Å². The van der Waals surface area contributed by atoms with Crippen LogP contribution in [0.4, 0.5) is 5.95 Å². The van der Waals surface area contributed by atoms with E-state index in [1.807, 2.05) is 59.2 Å². The van der Waals surface area contributed by atoms with Crippen LogP contribution in [0.25, 0.3) is 11.0 Å². The van der Waals surface area contributed by atoms with Crippen LogP contribution in [0.3, 0.4) is 0 Å². The van der Waals surface area contributed by atoms with Gasteiger partial charge in [0.25, 0.3) is 10.0 Å². The normalized spacial score (nSPS) is 11.8. The molecule has 4 aromatic rings. The van der Waals surface area contributed by atoms with Crippen molar-refractivity contribution in [3.63, 3.8) is 0 Å². The van der Waals surface area contributed by atoms with Crippen LogP contribution in [0.5, 0.6) is 0 Å². The van der Waals surface area contributed by atoms with Gasteiger partial charge in [0.1, 0.15) is 5.69 Å². The van der Waals surface area contributed by atoms with Gasteiger partial charge >= 0.3 is 0 Å². The van der Waals surface area contributed by atoms with Crippen molar-refractivity contribution in [3.8, 4) is 0 Å². The third-order valence-corrected chi connectivity index (χ3v) is 5.87. The minimum Gasteiger partial charge on any atom is -0.360 e. The minimum atomic E-state index is -3.88. The number of hydrogen-bond acceptors (Lipinski definition) is 5. The number of anilines is 1. The summed E-state index contributed by atoms with van der Waals surface area (Å²) in [6.45, 7) is 3.65. The van der Waals surface area contributed by atoms with E-state index in [0.717, 1.165) is 11.1 Å². The first kappa shape index (κ1) is 17.3. The second kappa shape index (κ2) is 6.55. The highest BCUT2D eigenvalue weighted by Crippen LogP contribution is 2.26. The van der Waals surface area contributed by atoms with E-state index in [4.69, 9.17) is 4.52 Å². The Morgan fingerprint density at radius 1 is 1.04 bits per heavy atom. The van der Waals surface area contributed by atoms with Gasteiger partial charge in [-0.2, -0.15) is 0 Å². The van der Waals surface area contributed by atoms with Crippen LogP contribution in [0.2, 0.25) is 0 Å². The van der Waals surface area contributed by atoms with Crippen LogP contribution in [0.15, 0.2) is 64.0 Å². The number of rotatable bonds is 5. The predicted molar refractivity (Wildman–Crippen MR) is 102 cm³/mol. The van der Waals surface area contributed by atoms with Crippen LogP contribution in [-0.4, -0.2) is 23.1 Å². The van der Waals surface area contributed by atoms with Crippen molar-refractivity contribution in [2.45, 2.75) is 25.3 Å². The summed E-state index contributed by atoms with van der Waals surface area (Å²) in [6.07, 6.45) is 0. The van der Waals surface area contributed by atoms with Crippen LogP contribution in [-0.2, 0) is 16.6 Å². The molecule has 0 aliphatic heterocycles. The molecule has 0 radical (unpaired) electrons. The number of nitrogens with one attached hydrogen (secondary N) is 1. The maximum atomic E-state index is 12.9. The Kier molecular flexibility index (Phi) is 4.19. The van der Waals surface area contributed by atoms with E-state index in [0.29, 0.717) is 17.8 Å². The molecule has 0 aliphatic carbocycles. The maximum Gasteiger partial charge on any atom is 0.269 e. The zero-order valence-corrected chi connectivity index (χ0v) is 15.7. The van der Waals surface area contributed by atoms with Crippen molar-refractivity contribution in [3.05, 3.63) is 71.6 Å². The summed E-state index contributed by atoms with van der Waals surface area (Å²) in [7, 11) is -3.88. The van der Waals surface area contributed by atoms with Gasteiger partial charge in [-0.3, -0.25) is 0 Å². The SMILES string of the molecule is Cc1noc(C)c1S(=O)(=O)Nc1nc2ccccc2n1Cc1ccccc1. The van der Waals surface area contributed by atoms with Crippen LogP contribution in [0.1, 0.15) is 17.0 Å². The molecule has 8 heteroatoms. The van der Waals surface area contributed by atoms with Crippen molar-refractivity contribution in [2.75, 3.05) is 4.72 Å². The smallest absolute Gasteiger partial charge is 0.269 e. The highest BCUT2D eigenvalue weighted by Gasteiger charge is 2.26. The fraction of sp³-hybridized carbons (Fsp3) is 0.158. The average Bonchev–Trinajstić information content (AvgIpc) is 3.16.